The lowest BCUT2D eigenvalue weighted by Crippen LogP contribution is -2.30. The van der Waals surface area contributed by atoms with Crippen LogP contribution in [0.2, 0.25) is 0 Å². The first-order valence-corrected chi connectivity index (χ1v) is 6.85. The number of aromatic nitrogens is 1. The van der Waals surface area contributed by atoms with E-state index >= 15 is 0 Å². The van der Waals surface area contributed by atoms with Crippen molar-refractivity contribution in [2.45, 2.75) is 32.7 Å². The van der Waals surface area contributed by atoms with Crippen LogP contribution in [0.3, 0.4) is 0 Å². The Morgan fingerprint density at radius 3 is 2.60 bits per heavy atom. The van der Waals surface area contributed by atoms with E-state index in [1.165, 1.54) is 6.92 Å². The molecule has 4 nitrogen and oxygen atoms in total. The highest BCUT2D eigenvalue weighted by Gasteiger charge is 2.25. The molecular weight excluding hydrogens is 252 g/mol. The minimum Gasteiger partial charge on any atom is -0.369 e. The lowest BCUT2D eigenvalue weighted by Gasteiger charge is -2.23. The summed E-state index contributed by atoms with van der Waals surface area (Å²) in [5.41, 5.74) is 6.59. The molecule has 1 heterocycles. The average molecular weight is 272 g/mol. The van der Waals surface area contributed by atoms with Crippen LogP contribution in [0.5, 0.6) is 0 Å². The molecule has 0 saturated heterocycles. The molecule has 2 atom stereocenters. The van der Waals surface area contributed by atoms with Crippen molar-refractivity contribution in [2.75, 3.05) is 0 Å². The summed E-state index contributed by atoms with van der Waals surface area (Å²) in [7, 11) is 0. The van der Waals surface area contributed by atoms with Crippen molar-refractivity contribution in [1.82, 2.24) is 4.57 Å². The Bertz CT molecular complexity index is 630. The highest BCUT2D eigenvalue weighted by molar-refractivity contribution is 5.82. The number of hydrogen-bond donors (Lipinski definition) is 1. The van der Waals surface area contributed by atoms with E-state index in [-0.39, 0.29) is 23.7 Å². The highest BCUT2D eigenvalue weighted by Crippen LogP contribution is 2.27. The van der Waals surface area contributed by atoms with Crippen molar-refractivity contribution in [1.29, 1.82) is 0 Å². The number of fused-ring (bicyclic) bond motifs is 1. The maximum absolute atomic E-state index is 11.7. The topological polar surface area (TPSA) is 65.1 Å². The van der Waals surface area contributed by atoms with E-state index < -0.39 is 0 Å². The van der Waals surface area contributed by atoms with Gasteiger partial charge in [0.25, 0.3) is 0 Å². The molecule has 4 heteroatoms. The molecule has 106 valence electrons. The summed E-state index contributed by atoms with van der Waals surface area (Å²) in [4.78, 5) is 22.8. The molecule has 0 aliphatic carbocycles. The largest absolute Gasteiger partial charge is 0.369 e. The van der Waals surface area contributed by atoms with E-state index in [2.05, 4.69) is 4.57 Å². The van der Waals surface area contributed by atoms with Crippen molar-refractivity contribution in [3.63, 3.8) is 0 Å². The van der Waals surface area contributed by atoms with Crippen LogP contribution >= 0.6 is 0 Å². The van der Waals surface area contributed by atoms with Gasteiger partial charge >= 0.3 is 0 Å². The van der Waals surface area contributed by atoms with Crippen LogP contribution in [0, 0.1) is 5.92 Å². The van der Waals surface area contributed by atoms with E-state index in [9.17, 15) is 9.59 Å². The first-order valence-electron chi connectivity index (χ1n) is 6.85. The lowest BCUT2D eigenvalue weighted by atomic mass is 9.93. The van der Waals surface area contributed by atoms with Gasteiger partial charge in [-0.25, -0.2) is 0 Å². The standard InChI is InChI=1S/C16H20N2O2/c1-11(19)7-8-14(16(17)20)12(2)18-10-9-13-5-3-4-6-15(13)18/h3-6,9-10,12,14H,7-8H2,1-2H3,(H2,17,20). The number of hydrogen-bond acceptors (Lipinski definition) is 2. The third kappa shape index (κ3) is 2.90. The van der Waals surface area contributed by atoms with E-state index in [4.69, 9.17) is 5.73 Å². The Kier molecular flexibility index (Phi) is 4.23. The average Bonchev–Trinajstić information content (AvgIpc) is 2.81. The van der Waals surface area contributed by atoms with Crippen LogP contribution in [0.4, 0.5) is 0 Å². The van der Waals surface area contributed by atoms with E-state index in [0.717, 1.165) is 10.9 Å². The molecule has 0 radical (unpaired) electrons. The zero-order valence-electron chi connectivity index (χ0n) is 11.9. The Morgan fingerprint density at radius 2 is 1.95 bits per heavy atom. The first-order chi connectivity index (χ1) is 9.50. The fourth-order valence-electron chi connectivity index (χ4n) is 2.63. The Hall–Kier alpha value is -2.10. The van der Waals surface area contributed by atoms with Gasteiger partial charge in [-0.3, -0.25) is 4.79 Å². The minimum absolute atomic E-state index is 0.0632. The summed E-state index contributed by atoms with van der Waals surface area (Å²) in [5.74, 6) is -0.605. The monoisotopic (exact) mass is 272 g/mol. The van der Waals surface area contributed by atoms with Gasteiger partial charge in [-0.1, -0.05) is 18.2 Å². The number of para-hydroxylation sites is 1. The van der Waals surface area contributed by atoms with Gasteiger partial charge in [0.15, 0.2) is 0 Å². The van der Waals surface area contributed by atoms with Gasteiger partial charge in [0.1, 0.15) is 5.78 Å². The van der Waals surface area contributed by atoms with E-state index in [0.29, 0.717) is 12.8 Å². The third-order valence-corrected chi connectivity index (χ3v) is 3.82. The van der Waals surface area contributed by atoms with Crippen LogP contribution in [0.25, 0.3) is 10.9 Å². The van der Waals surface area contributed by atoms with Crippen molar-refractivity contribution in [3.8, 4) is 0 Å². The van der Waals surface area contributed by atoms with E-state index in [1.54, 1.807) is 0 Å². The maximum atomic E-state index is 11.7. The minimum atomic E-state index is -0.350. The normalized spacial score (nSPS) is 14.1. The molecule has 20 heavy (non-hydrogen) atoms. The summed E-state index contributed by atoms with van der Waals surface area (Å²) in [6, 6.07) is 9.97. The molecule has 0 aliphatic heterocycles. The summed E-state index contributed by atoms with van der Waals surface area (Å²) < 4.78 is 2.06. The number of carbonyl (C=O) groups is 2. The summed E-state index contributed by atoms with van der Waals surface area (Å²) in [5, 5.41) is 1.13. The molecule has 0 spiro atoms. The number of amides is 1. The van der Waals surface area contributed by atoms with Crippen molar-refractivity contribution in [3.05, 3.63) is 36.5 Å². The SMILES string of the molecule is CC(=O)CCC(C(N)=O)C(C)n1ccc2ccccc21. The third-order valence-electron chi connectivity index (χ3n) is 3.82. The molecule has 2 aromatic rings. The molecule has 0 fully saturated rings. The fraction of sp³-hybridized carbons (Fsp3) is 0.375. The Balaban J connectivity index is 2.29. The fourth-order valence-corrected chi connectivity index (χ4v) is 2.63. The molecule has 2 unspecified atom stereocenters. The van der Waals surface area contributed by atoms with Gasteiger partial charge in [-0.2, -0.15) is 0 Å². The van der Waals surface area contributed by atoms with Crippen LogP contribution in [0.15, 0.2) is 36.5 Å². The first kappa shape index (κ1) is 14.3. The van der Waals surface area contributed by atoms with Crippen LogP contribution in [-0.4, -0.2) is 16.3 Å². The number of nitrogens with zero attached hydrogens (tertiary/aromatic N) is 1. The van der Waals surface area contributed by atoms with Gasteiger partial charge in [-0.15, -0.1) is 0 Å². The molecular formula is C16H20N2O2. The molecule has 1 aromatic carbocycles. The number of primary amides is 1. The van der Waals surface area contributed by atoms with Gasteiger partial charge in [-0.05, 0) is 37.8 Å². The smallest absolute Gasteiger partial charge is 0.222 e. The Morgan fingerprint density at radius 1 is 1.25 bits per heavy atom. The second-order valence-corrected chi connectivity index (χ2v) is 5.27. The molecule has 0 saturated carbocycles. The zero-order chi connectivity index (χ0) is 14.7. The van der Waals surface area contributed by atoms with Gasteiger partial charge in [0.05, 0.1) is 5.92 Å². The maximum Gasteiger partial charge on any atom is 0.222 e. The molecule has 0 aliphatic rings. The quantitative estimate of drug-likeness (QED) is 0.878. The Labute approximate surface area is 118 Å². The highest BCUT2D eigenvalue weighted by atomic mass is 16.1. The number of benzene rings is 1. The van der Waals surface area contributed by atoms with Crippen molar-refractivity contribution < 1.29 is 9.59 Å². The van der Waals surface area contributed by atoms with Crippen molar-refractivity contribution in [2.24, 2.45) is 11.7 Å². The summed E-state index contributed by atoms with van der Waals surface area (Å²) >= 11 is 0. The van der Waals surface area contributed by atoms with Gasteiger partial charge in [0, 0.05) is 24.2 Å². The number of carbonyl (C=O) groups excluding carboxylic acids is 2. The number of Topliss-reactive ketones (excluding diaryl/α,β-unsaturated/α-hetero) is 1. The molecule has 2 N–H and O–H groups in total. The second kappa shape index (κ2) is 5.90. The van der Waals surface area contributed by atoms with Gasteiger partial charge in [0.2, 0.25) is 5.91 Å². The molecule has 1 amide bonds. The predicted octanol–water partition coefficient (Wildman–Crippen LogP) is 2.67. The molecule has 1 aromatic heterocycles. The molecule has 2 rings (SSSR count). The number of ketones is 1. The molecule has 0 bridgehead atoms. The lowest BCUT2D eigenvalue weighted by molar-refractivity contribution is -0.123. The second-order valence-electron chi connectivity index (χ2n) is 5.27. The zero-order valence-corrected chi connectivity index (χ0v) is 11.9. The summed E-state index contributed by atoms with van der Waals surface area (Å²) in [6.07, 6.45) is 2.86. The van der Waals surface area contributed by atoms with Crippen LogP contribution < -0.4 is 5.73 Å². The number of rotatable bonds is 6. The van der Waals surface area contributed by atoms with Crippen LogP contribution in [0.1, 0.15) is 32.7 Å². The number of nitrogens with two attached hydrogens (primary N) is 1. The van der Waals surface area contributed by atoms with Gasteiger partial charge < -0.3 is 15.1 Å². The summed E-state index contributed by atoms with van der Waals surface area (Å²) in [6.45, 7) is 3.51. The van der Waals surface area contributed by atoms with E-state index in [1.807, 2.05) is 43.5 Å². The van der Waals surface area contributed by atoms with Crippen molar-refractivity contribution >= 4 is 22.6 Å². The predicted molar refractivity (Wildman–Crippen MR) is 79.2 cm³/mol. The van der Waals surface area contributed by atoms with Crippen LogP contribution in [-0.2, 0) is 9.59 Å².